The molecule has 28 heavy (non-hydrogen) atoms. The van der Waals surface area contributed by atoms with E-state index in [1.807, 2.05) is 0 Å². The van der Waals surface area contributed by atoms with Crippen LogP contribution >= 0.6 is 0 Å². The van der Waals surface area contributed by atoms with E-state index in [4.69, 9.17) is 14.4 Å². The van der Waals surface area contributed by atoms with Crippen LogP contribution in [0.2, 0.25) is 0 Å². The van der Waals surface area contributed by atoms with Gasteiger partial charge in [-0.3, -0.25) is 4.99 Å². The first-order chi connectivity index (χ1) is 13.8. The SMILES string of the molecule is CC/N=c1/cc2oc3c4c5c(cc3nc-2c2ccccc12)CCCN5CCC4. The third kappa shape index (κ3) is 2.24. The van der Waals surface area contributed by atoms with Crippen molar-refractivity contribution in [2.24, 2.45) is 4.99 Å². The third-order valence-corrected chi connectivity index (χ3v) is 6.18. The maximum absolute atomic E-state index is 6.56. The van der Waals surface area contributed by atoms with E-state index < -0.39 is 0 Å². The molecule has 0 amide bonds. The zero-order valence-corrected chi connectivity index (χ0v) is 16.2. The predicted molar refractivity (Wildman–Crippen MR) is 113 cm³/mol. The highest BCUT2D eigenvalue weighted by Crippen LogP contribution is 2.41. The van der Waals surface area contributed by atoms with Crippen molar-refractivity contribution < 1.29 is 4.42 Å². The lowest BCUT2D eigenvalue weighted by Crippen LogP contribution is -2.34. The van der Waals surface area contributed by atoms with E-state index in [2.05, 4.69) is 48.2 Å². The number of benzene rings is 3. The monoisotopic (exact) mass is 369 g/mol. The van der Waals surface area contributed by atoms with Gasteiger partial charge in [-0.1, -0.05) is 24.3 Å². The van der Waals surface area contributed by atoms with Crippen LogP contribution in [0.5, 0.6) is 0 Å². The minimum absolute atomic E-state index is 0.754. The van der Waals surface area contributed by atoms with Crippen LogP contribution in [0, 0.1) is 0 Å². The van der Waals surface area contributed by atoms with E-state index in [9.17, 15) is 0 Å². The first-order valence-electron chi connectivity index (χ1n) is 10.4. The van der Waals surface area contributed by atoms with Gasteiger partial charge in [0.15, 0.2) is 11.3 Å². The summed E-state index contributed by atoms with van der Waals surface area (Å²) in [4.78, 5) is 12.4. The van der Waals surface area contributed by atoms with Gasteiger partial charge >= 0.3 is 0 Å². The molecule has 0 spiro atoms. The predicted octanol–water partition coefficient (Wildman–Crippen LogP) is 4.71. The van der Waals surface area contributed by atoms with Crippen LogP contribution in [0.25, 0.3) is 33.3 Å². The Morgan fingerprint density at radius 1 is 1.07 bits per heavy atom. The van der Waals surface area contributed by atoms with E-state index in [-0.39, 0.29) is 0 Å². The molecule has 0 unspecified atom stereocenters. The lowest BCUT2D eigenvalue weighted by Gasteiger charge is -2.37. The highest BCUT2D eigenvalue weighted by atomic mass is 16.3. The maximum Gasteiger partial charge on any atom is 0.158 e. The second kappa shape index (κ2) is 6.06. The minimum Gasteiger partial charge on any atom is -0.452 e. The summed E-state index contributed by atoms with van der Waals surface area (Å²) in [5.74, 6) is 0.836. The molecule has 4 heteroatoms. The Kier molecular flexibility index (Phi) is 3.49. The topological polar surface area (TPSA) is 41.6 Å². The minimum atomic E-state index is 0.754. The van der Waals surface area contributed by atoms with Crippen molar-refractivity contribution >= 4 is 27.6 Å². The Morgan fingerprint density at radius 2 is 1.89 bits per heavy atom. The number of aromatic nitrogens is 1. The lowest BCUT2D eigenvalue weighted by atomic mass is 9.91. The van der Waals surface area contributed by atoms with E-state index >= 15 is 0 Å². The molecule has 4 nitrogen and oxygen atoms in total. The second-order valence-electron chi connectivity index (χ2n) is 7.88. The summed E-state index contributed by atoms with van der Waals surface area (Å²) >= 11 is 0. The van der Waals surface area contributed by atoms with Gasteiger partial charge in [0.05, 0.1) is 5.36 Å². The van der Waals surface area contributed by atoms with Crippen LogP contribution in [0.1, 0.15) is 30.9 Å². The molecule has 0 N–H and O–H groups in total. The van der Waals surface area contributed by atoms with Gasteiger partial charge in [0.25, 0.3) is 0 Å². The number of anilines is 1. The summed E-state index contributed by atoms with van der Waals surface area (Å²) in [6.45, 7) is 5.15. The van der Waals surface area contributed by atoms with Gasteiger partial charge in [-0.15, -0.1) is 0 Å². The molecule has 0 fully saturated rings. The Bertz CT molecular complexity index is 1270. The first kappa shape index (κ1) is 16.1. The second-order valence-corrected chi connectivity index (χ2v) is 7.88. The molecule has 4 aliphatic rings. The molecule has 140 valence electrons. The fourth-order valence-electron chi connectivity index (χ4n) is 5.05. The molecule has 2 aromatic rings. The molecular formula is C24H23N3O. The van der Waals surface area contributed by atoms with Gasteiger partial charge in [-0.05, 0) is 44.2 Å². The highest BCUT2D eigenvalue weighted by molar-refractivity contribution is 5.97. The Morgan fingerprint density at radius 3 is 2.75 bits per heavy atom. The quantitative estimate of drug-likeness (QED) is 0.361. The van der Waals surface area contributed by atoms with Crippen molar-refractivity contribution in [3.63, 3.8) is 0 Å². The molecule has 0 radical (unpaired) electrons. The van der Waals surface area contributed by atoms with Crippen molar-refractivity contribution in [2.45, 2.75) is 32.6 Å². The van der Waals surface area contributed by atoms with Crippen LogP contribution in [0.15, 0.2) is 45.8 Å². The Hall–Kier alpha value is -2.88. The fourth-order valence-corrected chi connectivity index (χ4v) is 5.05. The summed E-state index contributed by atoms with van der Waals surface area (Å²) in [6.07, 6.45) is 4.64. The molecule has 1 aliphatic carbocycles. The third-order valence-electron chi connectivity index (χ3n) is 6.18. The lowest BCUT2D eigenvalue weighted by molar-refractivity contribution is 0.590. The van der Waals surface area contributed by atoms with Gasteiger partial charge < -0.3 is 9.32 Å². The average molecular weight is 369 g/mol. The van der Waals surface area contributed by atoms with Crippen LogP contribution in [-0.4, -0.2) is 24.6 Å². The molecule has 3 heterocycles. The summed E-state index contributed by atoms with van der Waals surface area (Å²) in [5, 5.41) is 3.25. The number of fused-ring (bicyclic) bond motifs is 5. The maximum atomic E-state index is 6.56. The summed E-state index contributed by atoms with van der Waals surface area (Å²) in [6, 6.07) is 12.7. The van der Waals surface area contributed by atoms with Gasteiger partial charge in [-0.2, -0.15) is 0 Å². The van der Waals surface area contributed by atoms with Crippen molar-refractivity contribution in [2.75, 3.05) is 24.5 Å². The van der Waals surface area contributed by atoms with E-state index in [1.165, 1.54) is 29.7 Å². The first-order valence-corrected chi connectivity index (χ1v) is 10.4. The van der Waals surface area contributed by atoms with Crippen LogP contribution in [-0.2, 0) is 12.8 Å². The van der Waals surface area contributed by atoms with Gasteiger partial charge in [-0.25, -0.2) is 4.98 Å². The van der Waals surface area contributed by atoms with Crippen LogP contribution < -0.4 is 10.3 Å². The summed E-state index contributed by atoms with van der Waals surface area (Å²) < 4.78 is 6.56. The van der Waals surface area contributed by atoms with Crippen molar-refractivity contribution in [3.05, 3.63) is 52.9 Å². The Labute approximate surface area is 163 Å². The molecule has 6 rings (SSSR count). The van der Waals surface area contributed by atoms with Crippen molar-refractivity contribution in [3.8, 4) is 11.5 Å². The van der Waals surface area contributed by atoms with Crippen molar-refractivity contribution in [1.82, 2.24) is 4.98 Å². The Balaban J connectivity index is 1.75. The van der Waals surface area contributed by atoms with E-state index in [1.54, 1.807) is 0 Å². The van der Waals surface area contributed by atoms with Gasteiger partial charge in [0.2, 0.25) is 0 Å². The zero-order chi connectivity index (χ0) is 18.7. The molecule has 0 saturated carbocycles. The normalized spacial score (nSPS) is 16.9. The number of rotatable bonds is 1. The highest BCUT2D eigenvalue weighted by Gasteiger charge is 2.28. The number of nitrogens with zero attached hydrogens (tertiary/aromatic N) is 3. The van der Waals surface area contributed by atoms with E-state index in [0.717, 1.165) is 71.2 Å². The van der Waals surface area contributed by atoms with Crippen LogP contribution in [0.4, 0.5) is 5.69 Å². The van der Waals surface area contributed by atoms with E-state index in [0.29, 0.717) is 0 Å². The molecule has 2 aromatic carbocycles. The zero-order valence-electron chi connectivity index (χ0n) is 16.2. The molecular weight excluding hydrogens is 346 g/mol. The molecule has 3 aliphatic heterocycles. The molecule has 0 bridgehead atoms. The van der Waals surface area contributed by atoms with Gasteiger partial charge in [0, 0.05) is 47.7 Å². The standard InChI is InChI=1S/C24H23N3O/c1-2-25-19-14-21-22(17-9-4-3-8-16(17)19)26-20-13-15-7-5-11-27-12-6-10-18(23(15)27)24(20)28-21/h3-4,8-9,13-14H,2,5-7,10-12H2,1H3/b25-19-. The average Bonchev–Trinajstić information content (AvgIpc) is 2.74. The smallest absolute Gasteiger partial charge is 0.158 e. The summed E-state index contributed by atoms with van der Waals surface area (Å²) in [5.41, 5.74) is 7.13. The molecule has 0 atom stereocenters. The number of aryl methyl sites for hydroxylation is 2. The molecule has 0 saturated heterocycles. The number of hydrogen-bond donors (Lipinski definition) is 0. The molecule has 0 aromatic heterocycles. The van der Waals surface area contributed by atoms with Crippen LogP contribution in [0.3, 0.4) is 0 Å². The summed E-state index contributed by atoms with van der Waals surface area (Å²) in [7, 11) is 0. The largest absolute Gasteiger partial charge is 0.452 e. The van der Waals surface area contributed by atoms with Crippen molar-refractivity contribution in [1.29, 1.82) is 0 Å². The fraction of sp³-hybridized carbons (Fsp3) is 0.333. The number of hydrogen-bond acceptors (Lipinski definition) is 4. The van der Waals surface area contributed by atoms with Gasteiger partial charge in [0.1, 0.15) is 11.2 Å².